The minimum atomic E-state index is -3.64. The van der Waals surface area contributed by atoms with E-state index in [0.717, 1.165) is 83.5 Å². The van der Waals surface area contributed by atoms with E-state index in [1.54, 1.807) is 9.21 Å². The second kappa shape index (κ2) is 16.0. The first-order valence-electron chi connectivity index (χ1n) is 21.1. The molecule has 0 aromatic rings. The molecule has 54 heavy (non-hydrogen) atoms. The molecule has 6 rings (SSSR count). The number of nitrogens with zero attached hydrogens (tertiary/aromatic N) is 2. The van der Waals surface area contributed by atoms with E-state index in [4.69, 9.17) is 0 Å². The predicted octanol–water partition coefficient (Wildman–Crippen LogP) is 4.15. The van der Waals surface area contributed by atoms with Gasteiger partial charge in [-0.15, -0.1) is 0 Å². The highest BCUT2D eigenvalue weighted by atomic mass is 32.2. The Kier molecular flexibility index (Phi) is 12.1. The van der Waals surface area contributed by atoms with Gasteiger partial charge < -0.3 is 26.2 Å². The summed E-state index contributed by atoms with van der Waals surface area (Å²) in [5.74, 6) is -2.31. The molecule has 5 atom stereocenters. The van der Waals surface area contributed by atoms with Gasteiger partial charge in [0.05, 0.1) is 17.3 Å². The molecule has 0 aromatic heterocycles. The number of rotatable bonds is 17. The van der Waals surface area contributed by atoms with Gasteiger partial charge in [0.15, 0.2) is 0 Å². The Morgan fingerprint density at radius 2 is 1.48 bits per heavy atom. The Bertz CT molecular complexity index is 1550. The molecule has 6 aliphatic rings. The van der Waals surface area contributed by atoms with E-state index >= 15 is 0 Å². The maximum absolute atomic E-state index is 15.0. The van der Waals surface area contributed by atoms with Gasteiger partial charge in [-0.2, -0.15) is 4.31 Å². The van der Waals surface area contributed by atoms with Crippen molar-refractivity contribution in [1.29, 1.82) is 0 Å². The van der Waals surface area contributed by atoms with Crippen LogP contribution in [0, 0.1) is 22.7 Å². The Balaban J connectivity index is 1.23. The van der Waals surface area contributed by atoms with Crippen molar-refractivity contribution in [3.05, 3.63) is 0 Å². The molecule has 1 heterocycles. The van der Waals surface area contributed by atoms with Crippen LogP contribution in [-0.2, 0) is 29.2 Å². The number of ketones is 1. The van der Waals surface area contributed by atoms with Crippen molar-refractivity contribution in [2.75, 3.05) is 18.8 Å². The number of nitrogens with one attached hydrogen (secondary N) is 4. The van der Waals surface area contributed by atoms with Gasteiger partial charge in [-0.3, -0.25) is 19.2 Å². The van der Waals surface area contributed by atoms with Gasteiger partial charge >= 0.3 is 6.03 Å². The Morgan fingerprint density at radius 3 is 2.06 bits per heavy atom. The second-order valence-corrected chi connectivity index (χ2v) is 20.4. The second-order valence-electron chi connectivity index (χ2n) is 18.5. The average molecular weight is 775 g/mol. The van der Waals surface area contributed by atoms with Crippen molar-refractivity contribution in [1.82, 2.24) is 30.5 Å². The smallest absolute Gasteiger partial charge is 0.315 e. The summed E-state index contributed by atoms with van der Waals surface area (Å²) in [4.78, 5) is 71.3. The Morgan fingerprint density at radius 1 is 0.852 bits per heavy atom. The summed E-state index contributed by atoms with van der Waals surface area (Å²) in [5, 5.41) is 11.9. The first kappa shape index (κ1) is 40.9. The standard InChI is InChI=1S/C40H66N6O7S/c1-6-8-15-29(32(47)35(49)41-26-16-17-26)42-34(48)31-30-28(38(30,3)4)24-45(31)36(50)33(39(5)20-11-9-12-21-39)43-37(51)44-40(22-13-10-14-23-40)25-54(52,53)46(7-2)27-18-19-27/h26-31,33H,6-25H2,1-5H3,(H,41,49)(H,42,48)(H2,43,44,51)/t28-,29-,30-,31-,33+/m0/s1. The molecule has 13 nitrogen and oxygen atoms in total. The summed E-state index contributed by atoms with van der Waals surface area (Å²) >= 11 is 0. The third kappa shape index (κ3) is 8.79. The predicted molar refractivity (Wildman–Crippen MR) is 206 cm³/mol. The van der Waals surface area contributed by atoms with Crippen LogP contribution in [0.5, 0.6) is 0 Å². The molecule has 14 heteroatoms. The minimum absolute atomic E-state index is 0.00824. The van der Waals surface area contributed by atoms with Crippen molar-refractivity contribution in [3.63, 3.8) is 0 Å². The molecule has 5 saturated carbocycles. The van der Waals surface area contributed by atoms with E-state index in [9.17, 15) is 32.4 Å². The highest BCUT2D eigenvalue weighted by molar-refractivity contribution is 7.89. The molecule has 0 bridgehead atoms. The quantitative estimate of drug-likeness (QED) is 0.161. The monoisotopic (exact) mass is 774 g/mol. The van der Waals surface area contributed by atoms with Crippen LogP contribution in [0.1, 0.15) is 144 Å². The van der Waals surface area contributed by atoms with E-state index in [0.29, 0.717) is 38.8 Å². The molecule has 304 valence electrons. The molecule has 0 radical (unpaired) electrons. The van der Waals surface area contributed by atoms with Crippen LogP contribution < -0.4 is 21.3 Å². The highest BCUT2D eigenvalue weighted by Gasteiger charge is 2.70. The fourth-order valence-corrected chi connectivity index (χ4v) is 12.4. The van der Waals surface area contributed by atoms with E-state index in [-0.39, 0.29) is 41.0 Å². The number of unbranched alkanes of at least 4 members (excludes halogenated alkanes) is 1. The molecule has 4 N–H and O–H groups in total. The largest absolute Gasteiger partial charge is 0.347 e. The fraction of sp³-hybridized carbons (Fsp3) is 0.875. The average Bonchev–Trinajstić information content (AvgIpc) is 4.08. The first-order chi connectivity index (χ1) is 25.6. The van der Waals surface area contributed by atoms with Gasteiger partial charge in [0, 0.05) is 25.2 Å². The molecule has 1 aliphatic heterocycles. The lowest BCUT2D eigenvalue weighted by Crippen LogP contribution is -2.65. The third-order valence-corrected chi connectivity index (χ3v) is 16.1. The van der Waals surface area contributed by atoms with Gasteiger partial charge in [-0.25, -0.2) is 13.2 Å². The summed E-state index contributed by atoms with van der Waals surface area (Å²) in [7, 11) is -3.64. The summed E-state index contributed by atoms with van der Waals surface area (Å²) in [6, 6.07) is -3.29. The van der Waals surface area contributed by atoms with Crippen LogP contribution >= 0.6 is 0 Å². The first-order valence-corrected chi connectivity index (χ1v) is 22.7. The zero-order chi connectivity index (χ0) is 39.1. The van der Waals surface area contributed by atoms with Crippen LogP contribution in [0.4, 0.5) is 4.79 Å². The number of likely N-dealkylation sites (tertiary alicyclic amines) is 1. The van der Waals surface area contributed by atoms with E-state index in [1.807, 2.05) is 20.8 Å². The fourth-order valence-electron chi connectivity index (χ4n) is 10.2. The summed E-state index contributed by atoms with van der Waals surface area (Å²) in [6.07, 6.45) is 13.1. The number of carbonyl (C=O) groups excluding carboxylic acids is 5. The Hall–Kier alpha value is -2.74. The van der Waals surface area contributed by atoms with Crippen LogP contribution in [-0.4, -0.2) is 102 Å². The number of fused-ring (bicyclic) bond motifs is 1. The van der Waals surface area contributed by atoms with Crippen LogP contribution in [0.15, 0.2) is 0 Å². The molecule has 6 fully saturated rings. The van der Waals surface area contributed by atoms with Crippen molar-refractivity contribution >= 4 is 39.6 Å². The number of hydrogen-bond acceptors (Lipinski definition) is 7. The van der Waals surface area contributed by atoms with Gasteiger partial charge in [0.25, 0.3) is 5.91 Å². The lowest BCUT2D eigenvalue weighted by atomic mass is 9.70. The number of Topliss-reactive ketones (excluding diaryl/α,β-unsaturated/α-hetero) is 1. The van der Waals surface area contributed by atoms with Gasteiger partial charge in [0.2, 0.25) is 27.6 Å². The Labute approximate surface area is 322 Å². The molecule has 0 spiro atoms. The van der Waals surface area contributed by atoms with Crippen molar-refractivity contribution in [2.45, 2.75) is 180 Å². The van der Waals surface area contributed by atoms with Crippen LogP contribution in [0.3, 0.4) is 0 Å². The van der Waals surface area contributed by atoms with E-state index in [1.165, 1.54) is 0 Å². The molecular weight excluding hydrogens is 709 g/mol. The molecular formula is C40H66N6O7S. The zero-order valence-corrected chi connectivity index (χ0v) is 34.2. The van der Waals surface area contributed by atoms with Crippen molar-refractivity contribution in [2.24, 2.45) is 22.7 Å². The number of urea groups is 1. The summed E-state index contributed by atoms with van der Waals surface area (Å²) in [5.41, 5.74) is -1.71. The molecule has 5 aliphatic carbocycles. The van der Waals surface area contributed by atoms with E-state index < -0.39 is 62.7 Å². The van der Waals surface area contributed by atoms with Crippen molar-refractivity contribution < 1.29 is 32.4 Å². The maximum atomic E-state index is 15.0. The third-order valence-electron chi connectivity index (χ3n) is 13.9. The highest BCUT2D eigenvalue weighted by Crippen LogP contribution is 2.65. The van der Waals surface area contributed by atoms with Gasteiger partial charge in [-0.1, -0.05) is 86.0 Å². The number of carbonyl (C=O) groups is 5. The number of amides is 5. The maximum Gasteiger partial charge on any atom is 0.315 e. The number of piperidine rings is 1. The number of sulfonamides is 1. The minimum Gasteiger partial charge on any atom is -0.347 e. The van der Waals surface area contributed by atoms with Crippen LogP contribution in [0.25, 0.3) is 0 Å². The lowest BCUT2D eigenvalue weighted by Gasteiger charge is -2.44. The molecule has 0 unspecified atom stereocenters. The molecule has 1 saturated heterocycles. The number of hydrogen-bond donors (Lipinski definition) is 4. The van der Waals surface area contributed by atoms with E-state index in [2.05, 4.69) is 35.1 Å². The molecule has 5 amide bonds. The lowest BCUT2D eigenvalue weighted by molar-refractivity contribution is -0.146. The zero-order valence-electron chi connectivity index (χ0n) is 33.3. The topological polar surface area (TPSA) is 174 Å². The molecule has 0 aromatic carbocycles. The van der Waals surface area contributed by atoms with Crippen molar-refractivity contribution in [3.8, 4) is 0 Å². The van der Waals surface area contributed by atoms with Gasteiger partial charge in [-0.05, 0) is 80.5 Å². The van der Waals surface area contributed by atoms with Gasteiger partial charge in [0.1, 0.15) is 12.1 Å². The summed E-state index contributed by atoms with van der Waals surface area (Å²) < 4.78 is 29.1. The normalized spacial score (nSPS) is 28.0. The summed E-state index contributed by atoms with van der Waals surface area (Å²) in [6.45, 7) is 10.8. The van der Waals surface area contributed by atoms with Crippen LogP contribution in [0.2, 0.25) is 0 Å². The SMILES string of the molecule is CCCC[C@H](NC(=O)[C@@H]1[C@@H]2[C@H](CN1C(=O)[C@@H](NC(=O)NC1(CS(=O)(=O)N(CC)C3CC3)CCCCC1)C1(C)CCCCC1)C2(C)C)C(=O)C(=O)NC1CC1.